The topological polar surface area (TPSA) is 86.9 Å². The van der Waals surface area contributed by atoms with Crippen molar-refractivity contribution >= 4 is 17.6 Å². The van der Waals surface area contributed by atoms with Crippen molar-refractivity contribution < 1.29 is 23.1 Å². The van der Waals surface area contributed by atoms with Gasteiger partial charge in [0.05, 0.1) is 11.3 Å². The molecule has 162 valence electrons. The molecule has 8 nitrogen and oxygen atoms in total. The SMILES string of the molecule is Cc1cc(C(F)(F)F)cc(O)c1-c1ccn2nc(N3CCN4C(=O)CCC4C3)nc2n1. The number of phenols is 1. The van der Waals surface area contributed by atoms with Gasteiger partial charge in [-0.1, -0.05) is 0 Å². The number of aryl methyl sites for hydroxylation is 1. The van der Waals surface area contributed by atoms with Crippen molar-refractivity contribution in [3.8, 4) is 17.0 Å². The number of aromatic nitrogens is 4. The molecule has 31 heavy (non-hydrogen) atoms. The molecule has 11 heteroatoms. The molecular weight excluding hydrogens is 413 g/mol. The Bertz CT molecular complexity index is 1170. The van der Waals surface area contributed by atoms with Gasteiger partial charge in [0.2, 0.25) is 11.9 Å². The van der Waals surface area contributed by atoms with Crippen molar-refractivity contribution in [2.75, 3.05) is 24.5 Å². The second-order valence-corrected chi connectivity index (χ2v) is 7.88. The van der Waals surface area contributed by atoms with E-state index in [-0.39, 0.29) is 28.9 Å². The number of carbonyl (C=O) groups excluding carboxylic acids is 1. The number of halogens is 3. The van der Waals surface area contributed by atoms with Gasteiger partial charge in [-0.2, -0.15) is 18.2 Å². The molecule has 2 fully saturated rings. The predicted octanol–water partition coefficient (Wildman–Crippen LogP) is 2.64. The van der Waals surface area contributed by atoms with Gasteiger partial charge in [0.25, 0.3) is 5.78 Å². The molecule has 0 bridgehead atoms. The van der Waals surface area contributed by atoms with Gasteiger partial charge in [-0.3, -0.25) is 4.79 Å². The highest BCUT2D eigenvalue weighted by Crippen LogP contribution is 2.38. The van der Waals surface area contributed by atoms with Gasteiger partial charge < -0.3 is 14.9 Å². The fraction of sp³-hybridized carbons (Fsp3) is 0.400. The van der Waals surface area contributed by atoms with Crippen LogP contribution in [0.3, 0.4) is 0 Å². The van der Waals surface area contributed by atoms with E-state index in [2.05, 4.69) is 15.1 Å². The Morgan fingerprint density at radius 2 is 2.00 bits per heavy atom. The standard InChI is InChI=1S/C20H19F3N6O2/c1-11-8-12(20(21,22)23)9-15(30)17(11)14-4-5-29-18(24-14)25-19(26-29)27-6-7-28-13(10-27)2-3-16(28)31/h4-5,8-9,13,30H,2-3,6-7,10H2,1H3. The van der Waals surface area contributed by atoms with Crippen LogP contribution in [0.4, 0.5) is 19.1 Å². The van der Waals surface area contributed by atoms with Crippen LogP contribution in [0.25, 0.3) is 17.0 Å². The number of piperazine rings is 1. The highest BCUT2D eigenvalue weighted by molar-refractivity contribution is 5.79. The number of hydrogen-bond donors (Lipinski definition) is 1. The van der Waals surface area contributed by atoms with Crippen molar-refractivity contribution in [3.05, 3.63) is 35.5 Å². The maximum Gasteiger partial charge on any atom is 0.416 e. The minimum absolute atomic E-state index is 0.156. The number of anilines is 1. The lowest BCUT2D eigenvalue weighted by molar-refractivity contribution is -0.137. The number of fused-ring (bicyclic) bond motifs is 2. The Kier molecular flexibility index (Phi) is 4.31. The highest BCUT2D eigenvalue weighted by atomic mass is 19.4. The summed E-state index contributed by atoms with van der Waals surface area (Å²) in [7, 11) is 0. The van der Waals surface area contributed by atoms with Crippen LogP contribution < -0.4 is 4.90 Å². The third-order valence-electron chi connectivity index (χ3n) is 5.87. The molecule has 2 aliphatic rings. The van der Waals surface area contributed by atoms with Crippen LogP contribution in [0.2, 0.25) is 0 Å². The highest BCUT2D eigenvalue weighted by Gasteiger charge is 2.36. The molecule has 1 N–H and O–H groups in total. The van der Waals surface area contributed by atoms with Gasteiger partial charge in [-0.15, -0.1) is 5.10 Å². The van der Waals surface area contributed by atoms with Crippen LogP contribution in [0.1, 0.15) is 24.0 Å². The first-order valence-electron chi connectivity index (χ1n) is 9.90. The van der Waals surface area contributed by atoms with E-state index in [0.29, 0.717) is 43.8 Å². The first-order chi connectivity index (χ1) is 14.7. The van der Waals surface area contributed by atoms with Gasteiger partial charge in [0.15, 0.2) is 0 Å². The third kappa shape index (κ3) is 3.33. The molecule has 0 radical (unpaired) electrons. The summed E-state index contributed by atoms with van der Waals surface area (Å²) < 4.78 is 40.5. The summed E-state index contributed by atoms with van der Waals surface area (Å²) in [6.07, 6.45) is -1.55. The van der Waals surface area contributed by atoms with Gasteiger partial charge in [-0.25, -0.2) is 9.50 Å². The molecule has 2 aliphatic heterocycles. The van der Waals surface area contributed by atoms with Crippen LogP contribution in [0.5, 0.6) is 5.75 Å². The summed E-state index contributed by atoms with van der Waals surface area (Å²) in [6, 6.07) is 3.42. The zero-order chi connectivity index (χ0) is 21.9. The molecular formula is C20H19F3N6O2. The molecule has 3 aromatic rings. The first kappa shape index (κ1) is 19.6. The number of hydrogen-bond acceptors (Lipinski definition) is 6. The van der Waals surface area contributed by atoms with Gasteiger partial charge >= 0.3 is 6.18 Å². The molecule has 0 spiro atoms. The van der Waals surface area contributed by atoms with E-state index in [0.717, 1.165) is 12.5 Å². The third-order valence-corrected chi connectivity index (χ3v) is 5.87. The normalized spacial score (nSPS) is 19.4. The van der Waals surface area contributed by atoms with Crippen molar-refractivity contribution in [2.24, 2.45) is 0 Å². The second kappa shape index (κ2) is 6.82. The van der Waals surface area contributed by atoms with Gasteiger partial charge in [0.1, 0.15) is 5.75 Å². The number of phenolic OH excluding ortho intramolecular Hbond substituents is 1. The molecule has 1 atom stereocenters. The quantitative estimate of drug-likeness (QED) is 0.670. The van der Waals surface area contributed by atoms with Crippen LogP contribution in [0.15, 0.2) is 24.4 Å². The van der Waals surface area contributed by atoms with Crippen molar-refractivity contribution in [1.82, 2.24) is 24.5 Å². The number of nitrogens with zero attached hydrogens (tertiary/aromatic N) is 6. The smallest absolute Gasteiger partial charge is 0.416 e. The number of aromatic hydroxyl groups is 1. The lowest BCUT2D eigenvalue weighted by Gasteiger charge is -2.36. The summed E-state index contributed by atoms with van der Waals surface area (Å²) in [6.45, 7) is 3.38. The maximum atomic E-state index is 13.0. The molecule has 4 heterocycles. The molecule has 5 rings (SSSR count). The zero-order valence-electron chi connectivity index (χ0n) is 16.6. The molecule has 2 aromatic heterocycles. The average molecular weight is 432 g/mol. The largest absolute Gasteiger partial charge is 0.507 e. The fourth-order valence-corrected chi connectivity index (χ4v) is 4.35. The molecule has 2 saturated heterocycles. The number of carbonyl (C=O) groups is 1. The maximum absolute atomic E-state index is 13.0. The summed E-state index contributed by atoms with van der Waals surface area (Å²) in [5.41, 5.74) is -0.132. The monoisotopic (exact) mass is 432 g/mol. The Labute approximate surface area is 174 Å². The van der Waals surface area contributed by atoms with Crippen LogP contribution in [-0.4, -0.2) is 61.2 Å². The summed E-state index contributed by atoms with van der Waals surface area (Å²) in [5, 5.41) is 14.7. The Morgan fingerprint density at radius 3 is 2.74 bits per heavy atom. The second-order valence-electron chi connectivity index (χ2n) is 7.88. The van der Waals surface area contributed by atoms with Crippen LogP contribution >= 0.6 is 0 Å². The molecule has 1 aromatic carbocycles. The zero-order valence-corrected chi connectivity index (χ0v) is 16.6. The Balaban J connectivity index is 1.46. The lowest BCUT2D eigenvalue weighted by Crippen LogP contribution is -2.51. The Hall–Kier alpha value is -3.37. The summed E-state index contributed by atoms with van der Waals surface area (Å²) in [5.74, 6) is 0.449. The van der Waals surface area contributed by atoms with Gasteiger partial charge in [0, 0.05) is 43.9 Å². The predicted molar refractivity (Wildman–Crippen MR) is 105 cm³/mol. The summed E-state index contributed by atoms with van der Waals surface area (Å²) in [4.78, 5) is 24.7. The molecule has 1 amide bonds. The van der Waals surface area contributed by atoms with Crippen LogP contribution in [0, 0.1) is 6.92 Å². The molecule has 0 aliphatic carbocycles. The van der Waals surface area contributed by atoms with E-state index >= 15 is 0 Å². The van der Waals surface area contributed by atoms with Crippen LogP contribution in [-0.2, 0) is 11.0 Å². The first-order valence-corrected chi connectivity index (χ1v) is 9.90. The van der Waals surface area contributed by atoms with Crippen molar-refractivity contribution in [3.63, 3.8) is 0 Å². The molecule has 0 saturated carbocycles. The van der Waals surface area contributed by atoms with E-state index in [1.165, 1.54) is 11.4 Å². The van der Waals surface area contributed by atoms with E-state index in [1.807, 2.05) is 9.80 Å². The van der Waals surface area contributed by atoms with E-state index in [1.54, 1.807) is 12.3 Å². The van der Waals surface area contributed by atoms with E-state index < -0.39 is 17.5 Å². The van der Waals surface area contributed by atoms with E-state index in [4.69, 9.17) is 0 Å². The number of amides is 1. The lowest BCUT2D eigenvalue weighted by atomic mass is 10.0. The Morgan fingerprint density at radius 1 is 1.19 bits per heavy atom. The number of alkyl halides is 3. The van der Waals surface area contributed by atoms with Crippen molar-refractivity contribution in [2.45, 2.75) is 32.0 Å². The van der Waals surface area contributed by atoms with Gasteiger partial charge in [-0.05, 0) is 37.1 Å². The fourth-order valence-electron chi connectivity index (χ4n) is 4.35. The number of rotatable bonds is 2. The minimum atomic E-state index is -4.55. The van der Waals surface area contributed by atoms with E-state index in [9.17, 15) is 23.1 Å². The molecule has 1 unspecified atom stereocenters. The van der Waals surface area contributed by atoms with Crippen molar-refractivity contribution in [1.29, 1.82) is 0 Å². The minimum Gasteiger partial charge on any atom is -0.507 e. The number of benzene rings is 1. The summed E-state index contributed by atoms with van der Waals surface area (Å²) >= 11 is 0. The average Bonchev–Trinajstić information content (AvgIpc) is 3.30.